The fourth-order valence-electron chi connectivity index (χ4n) is 4.93. The maximum atomic E-state index is 6.72. The predicted octanol–water partition coefficient (Wildman–Crippen LogP) is 5.16. The van der Waals surface area contributed by atoms with Gasteiger partial charge in [-0.2, -0.15) is 0 Å². The second-order valence-corrected chi connectivity index (χ2v) is 10.7. The van der Waals surface area contributed by atoms with Crippen molar-refractivity contribution in [3.8, 4) is 0 Å². The summed E-state index contributed by atoms with van der Waals surface area (Å²) >= 11 is 0. The van der Waals surface area contributed by atoms with Gasteiger partial charge >= 0.3 is 0 Å². The highest BCUT2D eigenvalue weighted by Crippen LogP contribution is 2.40. The van der Waals surface area contributed by atoms with E-state index in [9.17, 15) is 0 Å². The van der Waals surface area contributed by atoms with Gasteiger partial charge in [0.15, 0.2) is 0 Å². The normalized spacial score (nSPS) is 11.7. The molecule has 0 aliphatic carbocycles. The van der Waals surface area contributed by atoms with Crippen molar-refractivity contribution in [3.05, 3.63) is 108 Å². The second kappa shape index (κ2) is 28.0. The lowest BCUT2D eigenvalue weighted by molar-refractivity contribution is -0.0399. The zero-order valence-corrected chi connectivity index (χ0v) is 29.2. The molecule has 0 aliphatic rings. The van der Waals surface area contributed by atoms with Crippen molar-refractivity contribution in [1.82, 2.24) is 0 Å². The molecule has 0 N–H and O–H groups in total. The molecule has 0 amide bonds. The van der Waals surface area contributed by atoms with Crippen LogP contribution in [0, 0.1) is 0 Å². The molecule has 3 aromatic rings. The first kappa shape index (κ1) is 40.7. The molecule has 3 rings (SSSR count). The summed E-state index contributed by atoms with van der Waals surface area (Å²) in [6.45, 7) is 12.0. The summed E-state index contributed by atoms with van der Waals surface area (Å²) in [7, 11) is 0. The summed E-state index contributed by atoms with van der Waals surface area (Å²) in [4.78, 5) is 0. The summed E-state index contributed by atoms with van der Waals surface area (Å²) in [5.74, 6) is 0. The Bertz CT molecular complexity index is 1040. The molecule has 0 aromatic heterocycles. The van der Waals surface area contributed by atoms with Crippen LogP contribution in [-0.2, 0) is 53.0 Å². The Morgan fingerprint density at radius 2 is 0.531 bits per heavy atom. The van der Waals surface area contributed by atoms with E-state index in [1.807, 2.05) is 61.5 Å². The molecule has 0 aliphatic heterocycles. The van der Waals surface area contributed by atoms with Crippen molar-refractivity contribution in [1.29, 1.82) is 0 Å². The van der Waals surface area contributed by atoms with Gasteiger partial charge in [-0.3, -0.25) is 0 Å². The molecule has 0 radical (unpaired) electrons. The molecule has 0 unspecified atom stereocenters. The molecule has 3 aromatic carbocycles. The Morgan fingerprint density at radius 1 is 0.306 bits per heavy atom. The minimum Gasteiger partial charge on any atom is -0.379 e. The summed E-state index contributed by atoms with van der Waals surface area (Å²) < 4.78 is 56.3. The van der Waals surface area contributed by atoms with Crippen LogP contribution in [-0.4, -0.2) is 126 Å². The Labute approximate surface area is 292 Å². The van der Waals surface area contributed by atoms with Gasteiger partial charge in [0, 0.05) is 6.61 Å². The SMILES string of the molecule is CCOCCOCCOCCOCCOCCOCCOCCOCCOCCOC(c1ccccc1)(c1ccccc1)c1ccccc1. The molecule has 0 saturated carbocycles. The van der Waals surface area contributed by atoms with E-state index in [2.05, 4.69) is 36.4 Å². The van der Waals surface area contributed by atoms with Crippen LogP contribution in [0.4, 0.5) is 0 Å². The van der Waals surface area contributed by atoms with Crippen LogP contribution in [0.1, 0.15) is 23.6 Å². The summed E-state index contributed by atoms with van der Waals surface area (Å²) in [6, 6.07) is 31.0. The first-order valence-corrected chi connectivity index (χ1v) is 17.4. The molecule has 0 bridgehead atoms. The maximum absolute atomic E-state index is 6.72. The number of ether oxygens (including phenoxy) is 10. The quantitative estimate of drug-likeness (QED) is 0.0649. The molecular formula is C39H56O10. The van der Waals surface area contributed by atoms with Gasteiger partial charge in [-0.1, -0.05) is 91.0 Å². The third-order valence-electron chi connectivity index (χ3n) is 7.27. The van der Waals surface area contributed by atoms with Gasteiger partial charge in [0.2, 0.25) is 0 Å². The lowest BCUT2D eigenvalue weighted by atomic mass is 9.80. The van der Waals surface area contributed by atoms with Gasteiger partial charge in [-0.15, -0.1) is 0 Å². The van der Waals surface area contributed by atoms with Crippen molar-refractivity contribution < 1.29 is 47.4 Å². The standard InChI is InChI=1S/C39H56O10/c1-2-40-18-19-41-20-21-42-22-23-43-24-25-44-26-27-45-28-29-46-30-31-47-32-33-48-34-35-49-39(36-12-6-3-7-13-36,37-14-8-4-9-15-37)38-16-10-5-11-17-38/h3-17H,2,18-35H2,1H3. The number of rotatable bonds is 32. The smallest absolute Gasteiger partial charge is 0.143 e. The van der Waals surface area contributed by atoms with E-state index in [1.54, 1.807) is 0 Å². The van der Waals surface area contributed by atoms with Gasteiger partial charge in [-0.05, 0) is 23.6 Å². The number of hydrogen-bond donors (Lipinski definition) is 0. The minimum atomic E-state index is -0.747. The van der Waals surface area contributed by atoms with Crippen molar-refractivity contribution >= 4 is 0 Å². The number of hydrogen-bond acceptors (Lipinski definition) is 10. The van der Waals surface area contributed by atoms with Crippen LogP contribution < -0.4 is 0 Å². The van der Waals surface area contributed by atoms with Gasteiger partial charge in [0.05, 0.1) is 119 Å². The summed E-state index contributed by atoms with van der Waals surface area (Å²) in [6.07, 6.45) is 0. The van der Waals surface area contributed by atoms with E-state index in [-0.39, 0.29) is 0 Å². The van der Waals surface area contributed by atoms with Crippen LogP contribution in [0.5, 0.6) is 0 Å². The molecule has 0 fully saturated rings. The van der Waals surface area contributed by atoms with Crippen LogP contribution in [0.15, 0.2) is 91.0 Å². The molecule has 0 saturated heterocycles. The maximum Gasteiger partial charge on any atom is 0.143 e. The fraction of sp³-hybridized carbons (Fsp3) is 0.538. The van der Waals surface area contributed by atoms with E-state index in [0.29, 0.717) is 126 Å². The van der Waals surface area contributed by atoms with Crippen molar-refractivity contribution in [3.63, 3.8) is 0 Å². The van der Waals surface area contributed by atoms with E-state index in [0.717, 1.165) is 16.7 Å². The van der Waals surface area contributed by atoms with Gasteiger partial charge in [0.25, 0.3) is 0 Å². The van der Waals surface area contributed by atoms with Crippen LogP contribution in [0.25, 0.3) is 0 Å². The average molecular weight is 685 g/mol. The van der Waals surface area contributed by atoms with Crippen LogP contribution in [0.3, 0.4) is 0 Å². The zero-order chi connectivity index (χ0) is 34.3. The molecule has 272 valence electrons. The van der Waals surface area contributed by atoms with E-state index in [4.69, 9.17) is 47.4 Å². The third kappa shape index (κ3) is 17.2. The largest absolute Gasteiger partial charge is 0.379 e. The summed E-state index contributed by atoms with van der Waals surface area (Å²) in [5, 5.41) is 0. The van der Waals surface area contributed by atoms with Gasteiger partial charge in [-0.25, -0.2) is 0 Å². The third-order valence-corrected chi connectivity index (χ3v) is 7.27. The molecule has 0 spiro atoms. The first-order chi connectivity index (χ1) is 24.4. The molecule has 10 heteroatoms. The van der Waals surface area contributed by atoms with Gasteiger partial charge < -0.3 is 47.4 Å². The molecule has 49 heavy (non-hydrogen) atoms. The molecule has 10 nitrogen and oxygen atoms in total. The van der Waals surface area contributed by atoms with E-state index in [1.165, 1.54) is 0 Å². The Hall–Kier alpha value is -2.74. The van der Waals surface area contributed by atoms with Crippen molar-refractivity contribution in [2.24, 2.45) is 0 Å². The average Bonchev–Trinajstić information content (AvgIpc) is 3.15. The molecular weight excluding hydrogens is 628 g/mol. The van der Waals surface area contributed by atoms with Gasteiger partial charge in [0.1, 0.15) is 5.60 Å². The Morgan fingerprint density at radius 3 is 0.776 bits per heavy atom. The van der Waals surface area contributed by atoms with Crippen molar-refractivity contribution in [2.75, 3.05) is 126 Å². The lowest BCUT2D eigenvalue weighted by Gasteiger charge is -2.36. The first-order valence-electron chi connectivity index (χ1n) is 17.4. The van der Waals surface area contributed by atoms with Crippen LogP contribution >= 0.6 is 0 Å². The Kier molecular flexibility index (Phi) is 23.3. The monoisotopic (exact) mass is 684 g/mol. The van der Waals surface area contributed by atoms with E-state index < -0.39 is 5.60 Å². The fourth-order valence-corrected chi connectivity index (χ4v) is 4.93. The zero-order valence-electron chi connectivity index (χ0n) is 29.2. The molecule has 0 atom stereocenters. The van der Waals surface area contributed by atoms with Crippen molar-refractivity contribution in [2.45, 2.75) is 12.5 Å². The predicted molar refractivity (Wildman–Crippen MR) is 188 cm³/mol. The highest BCUT2D eigenvalue weighted by molar-refractivity contribution is 5.47. The second-order valence-electron chi connectivity index (χ2n) is 10.7. The van der Waals surface area contributed by atoms with E-state index >= 15 is 0 Å². The Balaban J connectivity index is 1.13. The van der Waals surface area contributed by atoms with Crippen LogP contribution in [0.2, 0.25) is 0 Å². The highest BCUT2D eigenvalue weighted by Gasteiger charge is 2.37. The highest BCUT2D eigenvalue weighted by atomic mass is 16.6. The minimum absolute atomic E-state index is 0.420. The lowest BCUT2D eigenvalue weighted by Crippen LogP contribution is -2.34. The summed E-state index contributed by atoms with van der Waals surface area (Å²) in [5.41, 5.74) is 2.46. The topological polar surface area (TPSA) is 92.3 Å². The molecule has 0 heterocycles. The number of benzene rings is 3.